The fourth-order valence-electron chi connectivity index (χ4n) is 4.79. The Labute approximate surface area is 173 Å². The number of hydrogen-bond donors (Lipinski definition) is 2. The zero-order valence-electron chi connectivity index (χ0n) is 17.1. The van der Waals surface area contributed by atoms with Gasteiger partial charge in [0, 0.05) is 13.0 Å². The summed E-state index contributed by atoms with van der Waals surface area (Å²) in [6.07, 6.45) is 8.73. The van der Waals surface area contributed by atoms with Crippen LogP contribution in [0.4, 0.5) is 4.79 Å². The zero-order chi connectivity index (χ0) is 20.5. The van der Waals surface area contributed by atoms with Gasteiger partial charge < -0.3 is 19.9 Å². The number of alkyl carbamates (subject to hydrolysis) is 1. The van der Waals surface area contributed by atoms with Crippen LogP contribution in [0.2, 0.25) is 0 Å². The smallest absolute Gasteiger partial charge is 0.407 e. The molecule has 0 unspecified atom stereocenters. The van der Waals surface area contributed by atoms with Crippen molar-refractivity contribution in [2.75, 3.05) is 6.61 Å². The highest BCUT2D eigenvalue weighted by Crippen LogP contribution is 2.47. The van der Waals surface area contributed by atoms with Gasteiger partial charge in [-0.15, -0.1) is 0 Å². The molecule has 1 aromatic rings. The van der Waals surface area contributed by atoms with Crippen LogP contribution >= 0.6 is 0 Å². The Morgan fingerprint density at radius 1 is 1.00 bits per heavy atom. The van der Waals surface area contributed by atoms with Gasteiger partial charge in [-0.05, 0) is 49.5 Å². The number of benzene rings is 1. The van der Waals surface area contributed by atoms with Crippen LogP contribution in [-0.4, -0.2) is 36.0 Å². The number of carbonyl (C=O) groups excluding carboxylic acids is 1. The van der Waals surface area contributed by atoms with Crippen LogP contribution in [0.3, 0.4) is 0 Å². The number of nitrogens with one attached hydrogen (secondary N) is 1. The Balaban J connectivity index is 1.33. The standard InChI is InChI=1S/C23H33NO5/c25-22(26)11-7-2-1-6-10-18-19(21-13-12-20(18)29-21)14-15-28-23(27)24-16-17-8-4-3-5-9-17/h3-5,8-9,18-21H,1-2,6-7,10-16H2,(H,24,27)(H,25,26)/t18-,19-,20+,21-/m1/s1. The van der Waals surface area contributed by atoms with Gasteiger partial charge in [-0.3, -0.25) is 4.79 Å². The Bertz CT molecular complexity index is 650. The molecule has 0 spiro atoms. The summed E-state index contributed by atoms with van der Waals surface area (Å²) in [7, 11) is 0. The van der Waals surface area contributed by atoms with E-state index in [1.165, 1.54) is 0 Å². The van der Waals surface area contributed by atoms with E-state index in [4.69, 9.17) is 14.6 Å². The number of unbranched alkanes of at least 4 members (excludes halogenated alkanes) is 3. The summed E-state index contributed by atoms with van der Waals surface area (Å²) in [6.45, 7) is 0.897. The molecule has 2 bridgehead atoms. The van der Waals surface area contributed by atoms with Crippen LogP contribution < -0.4 is 5.32 Å². The number of carboxylic acids is 1. The molecule has 2 saturated heterocycles. The molecule has 0 aliphatic carbocycles. The molecule has 160 valence electrons. The fourth-order valence-corrected chi connectivity index (χ4v) is 4.79. The van der Waals surface area contributed by atoms with Crippen molar-refractivity contribution < 1.29 is 24.2 Å². The first kappa shape index (κ1) is 21.6. The minimum absolute atomic E-state index is 0.267. The van der Waals surface area contributed by atoms with Crippen molar-refractivity contribution >= 4 is 12.1 Å². The second-order valence-corrected chi connectivity index (χ2v) is 8.23. The first-order valence-electron chi connectivity index (χ1n) is 11.0. The summed E-state index contributed by atoms with van der Waals surface area (Å²) in [5.41, 5.74) is 1.05. The van der Waals surface area contributed by atoms with Crippen molar-refractivity contribution in [3.8, 4) is 0 Å². The summed E-state index contributed by atoms with van der Waals surface area (Å²) in [5.74, 6) is 0.304. The maximum Gasteiger partial charge on any atom is 0.407 e. The van der Waals surface area contributed by atoms with Gasteiger partial charge in [0.05, 0.1) is 18.8 Å². The van der Waals surface area contributed by atoms with E-state index in [1.54, 1.807) is 0 Å². The third kappa shape index (κ3) is 6.74. The summed E-state index contributed by atoms with van der Waals surface area (Å²) >= 11 is 0. The normalized spacial score (nSPS) is 25.1. The van der Waals surface area contributed by atoms with Gasteiger partial charge in [0.25, 0.3) is 0 Å². The van der Waals surface area contributed by atoms with Gasteiger partial charge in [-0.2, -0.15) is 0 Å². The molecule has 2 aliphatic heterocycles. The van der Waals surface area contributed by atoms with Crippen molar-refractivity contribution in [3.63, 3.8) is 0 Å². The van der Waals surface area contributed by atoms with E-state index in [0.29, 0.717) is 37.2 Å². The number of rotatable bonds is 12. The Kier molecular flexibility index (Phi) is 8.35. The minimum Gasteiger partial charge on any atom is -0.481 e. The molecular weight excluding hydrogens is 370 g/mol. The number of carboxylic acid groups (broad SMARTS) is 1. The maximum absolute atomic E-state index is 11.9. The second-order valence-electron chi connectivity index (χ2n) is 8.23. The molecule has 0 saturated carbocycles. The zero-order valence-corrected chi connectivity index (χ0v) is 17.1. The summed E-state index contributed by atoms with van der Waals surface area (Å²) in [4.78, 5) is 22.5. The Morgan fingerprint density at radius 2 is 1.69 bits per heavy atom. The topological polar surface area (TPSA) is 84.9 Å². The molecular formula is C23H33NO5. The molecule has 29 heavy (non-hydrogen) atoms. The summed E-state index contributed by atoms with van der Waals surface area (Å²) in [5, 5.41) is 11.5. The van der Waals surface area contributed by atoms with Gasteiger partial charge in [0.1, 0.15) is 0 Å². The van der Waals surface area contributed by atoms with Crippen molar-refractivity contribution in [1.82, 2.24) is 5.32 Å². The van der Waals surface area contributed by atoms with Crippen LogP contribution in [0.15, 0.2) is 30.3 Å². The molecule has 2 fully saturated rings. The molecule has 3 rings (SSSR count). The molecule has 0 radical (unpaired) electrons. The highest BCUT2D eigenvalue weighted by atomic mass is 16.5. The lowest BCUT2D eigenvalue weighted by Crippen LogP contribution is -2.30. The first-order valence-corrected chi connectivity index (χ1v) is 11.0. The average molecular weight is 404 g/mol. The number of amides is 1. The highest BCUT2D eigenvalue weighted by Gasteiger charge is 2.47. The first-order chi connectivity index (χ1) is 14.1. The largest absolute Gasteiger partial charge is 0.481 e. The van der Waals surface area contributed by atoms with E-state index < -0.39 is 5.97 Å². The van der Waals surface area contributed by atoms with Crippen LogP contribution in [0.1, 0.15) is 63.4 Å². The number of hydrogen-bond acceptors (Lipinski definition) is 4. The van der Waals surface area contributed by atoms with E-state index >= 15 is 0 Å². The molecule has 1 aromatic carbocycles. The minimum atomic E-state index is -0.709. The van der Waals surface area contributed by atoms with Crippen molar-refractivity contribution in [1.29, 1.82) is 0 Å². The lowest BCUT2D eigenvalue weighted by atomic mass is 9.75. The van der Waals surface area contributed by atoms with E-state index in [0.717, 1.165) is 56.9 Å². The summed E-state index contributed by atoms with van der Waals surface area (Å²) < 4.78 is 11.5. The molecule has 4 atom stereocenters. The third-order valence-corrected chi connectivity index (χ3v) is 6.23. The maximum atomic E-state index is 11.9. The van der Waals surface area contributed by atoms with Crippen molar-refractivity contribution in [2.24, 2.45) is 11.8 Å². The van der Waals surface area contributed by atoms with Gasteiger partial charge in [-0.25, -0.2) is 4.79 Å². The predicted molar refractivity (Wildman–Crippen MR) is 109 cm³/mol. The van der Waals surface area contributed by atoms with E-state index in [-0.39, 0.29) is 12.5 Å². The van der Waals surface area contributed by atoms with E-state index in [9.17, 15) is 9.59 Å². The highest BCUT2D eigenvalue weighted by molar-refractivity contribution is 5.67. The fraction of sp³-hybridized carbons (Fsp3) is 0.652. The molecule has 2 heterocycles. The van der Waals surface area contributed by atoms with Crippen LogP contribution in [0, 0.1) is 11.8 Å². The predicted octanol–water partition coefficient (Wildman–Crippen LogP) is 4.52. The monoisotopic (exact) mass is 403 g/mol. The molecule has 6 heteroatoms. The quantitative estimate of drug-likeness (QED) is 0.501. The van der Waals surface area contributed by atoms with Gasteiger partial charge >= 0.3 is 12.1 Å². The van der Waals surface area contributed by atoms with Crippen molar-refractivity contribution in [2.45, 2.75) is 76.5 Å². The number of fused-ring (bicyclic) bond motifs is 2. The molecule has 2 aliphatic rings. The molecule has 2 N–H and O–H groups in total. The van der Waals surface area contributed by atoms with Crippen LogP contribution in [0.5, 0.6) is 0 Å². The summed E-state index contributed by atoms with van der Waals surface area (Å²) in [6, 6.07) is 9.79. The Morgan fingerprint density at radius 3 is 2.41 bits per heavy atom. The van der Waals surface area contributed by atoms with Gasteiger partial charge in [0.15, 0.2) is 0 Å². The van der Waals surface area contributed by atoms with E-state index in [2.05, 4.69) is 5.32 Å². The number of ether oxygens (including phenoxy) is 2. The molecule has 0 aromatic heterocycles. The van der Waals surface area contributed by atoms with Crippen LogP contribution in [0.25, 0.3) is 0 Å². The number of carbonyl (C=O) groups is 2. The molecule has 1 amide bonds. The van der Waals surface area contributed by atoms with Crippen molar-refractivity contribution in [3.05, 3.63) is 35.9 Å². The van der Waals surface area contributed by atoms with Crippen LogP contribution in [-0.2, 0) is 20.8 Å². The Hall–Kier alpha value is -2.08. The third-order valence-electron chi connectivity index (χ3n) is 6.23. The lowest BCUT2D eigenvalue weighted by Gasteiger charge is -2.28. The van der Waals surface area contributed by atoms with Gasteiger partial charge in [0.2, 0.25) is 0 Å². The lowest BCUT2D eigenvalue weighted by molar-refractivity contribution is -0.137. The van der Waals surface area contributed by atoms with Gasteiger partial charge in [-0.1, -0.05) is 49.6 Å². The SMILES string of the molecule is O=C(O)CCCCCC[C@@H]1[C@@H](CCOC(=O)NCc2ccccc2)[C@H]2CC[C@@H]1O2. The second kappa shape index (κ2) is 11.2. The average Bonchev–Trinajstić information content (AvgIpc) is 3.32. The molecule has 6 nitrogen and oxygen atoms in total. The van der Waals surface area contributed by atoms with E-state index in [1.807, 2.05) is 30.3 Å². The number of aliphatic carboxylic acids is 1.